The van der Waals surface area contributed by atoms with Crippen LogP contribution in [0.2, 0.25) is 0 Å². The average Bonchev–Trinajstić information content (AvgIpc) is 2.09. The summed E-state index contributed by atoms with van der Waals surface area (Å²) < 4.78 is 12.9. The van der Waals surface area contributed by atoms with E-state index in [2.05, 4.69) is 4.98 Å². The van der Waals surface area contributed by atoms with Crippen molar-refractivity contribution in [3.05, 3.63) is 23.6 Å². The number of hydrogen-bond donors (Lipinski definition) is 0. The number of pyridine rings is 1. The van der Waals surface area contributed by atoms with Gasteiger partial charge in [-0.15, -0.1) is 11.8 Å². The Balaban J connectivity index is 2.94. The molecule has 0 unspecified atom stereocenters. The Morgan fingerprint density at radius 2 is 2.42 bits per heavy atom. The first-order valence-electron chi connectivity index (χ1n) is 3.41. The molecule has 0 N–H and O–H groups in total. The molecular weight excluding hydrogens is 177 g/mol. The molecular formula is C8H8FNOS. The minimum absolute atomic E-state index is 0.0908. The summed E-state index contributed by atoms with van der Waals surface area (Å²) in [6, 6.07) is 3.29. The second-order valence-electron chi connectivity index (χ2n) is 2.17. The molecule has 0 aromatic carbocycles. The van der Waals surface area contributed by atoms with E-state index in [1.165, 1.54) is 11.8 Å². The summed E-state index contributed by atoms with van der Waals surface area (Å²) in [6.45, 7) is 0. The van der Waals surface area contributed by atoms with E-state index in [0.717, 1.165) is 0 Å². The number of rotatable bonds is 3. The number of aromatic nitrogens is 1. The fourth-order valence-corrected chi connectivity index (χ4v) is 1.18. The molecule has 0 aliphatic rings. The van der Waals surface area contributed by atoms with Gasteiger partial charge in [-0.3, -0.25) is 0 Å². The SMILES string of the molecule is CSc1ccc(CC=O)c(F)n1. The molecule has 0 aliphatic heterocycles. The van der Waals surface area contributed by atoms with Crippen LogP contribution in [-0.4, -0.2) is 17.5 Å². The van der Waals surface area contributed by atoms with E-state index >= 15 is 0 Å². The van der Waals surface area contributed by atoms with E-state index < -0.39 is 5.95 Å². The van der Waals surface area contributed by atoms with Gasteiger partial charge in [-0.05, 0) is 12.3 Å². The average molecular weight is 185 g/mol. The number of carbonyl (C=O) groups excluding carboxylic acids is 1. The van der Waals surface area contributed by atoms with Crippen LogP contribution in [0.15, 0.2) is 17.2 Å². The second-order valence-corrected chi connectivity index (χ2v) is 3.00. The standard InChI is InChI=1S/C8H8FNOS/c1-12-7-3-2-6(4-5-11)8(9)10-7/h2-3,5H,4H2,1H3. The van der Waals surface area contributed by atoms with Crippen molar-refractivity contribution in [3.8, 4) is 0 Å². The minimum Gasteiger partial charge on any atom is -0.303 e. The molecule has 64 valence electrons. The van der Waals surface area contributed by atoms with Gasteiger partial charge in [0.15, 0.2) is 0 Å². The van der Waals surface area contributed by atoms with E-state index in [-0.39, 0.29) is 6.42 Å². The van der Waals surface area contributed by atoms with E-state index in [1.807, 2.05) is 6.26 Å². The molecule has 2 nitrogen and oxygen atoms in total. The third-order valence-electron chi connectivity index (χ3n) is 1.41. The van der Waals surface area contributed by atoms with Crippen LogP contribution in [-0.2, 0) is 11.2 Å². The van der Waals surface area contributed by atoms with Gasteiger partial charge in [-0.25, -0.2) is 4.98 Å². The van der Waals surface area contributed by atoms with Crippen LogP contribution in [0.5, 0.6) is 0 Å². The Hall–Kier alpha value is -0.900. The van der Waals surface area contributed by atoms with Gasteiger partial charge in [0, 0.05) is 12.0 Å². The Labute approximate surface area is 74.2 Å². The third kappa shape index (κ3) is 2.04. The number of halogens is 1. The second kappa shape index (κ2) is 4.21. The van der Waals surface area contributed by atoms with Crippen LogP contribution in [0.3, 0.4) is 0 Å². The van der Waals surface area contributed by atoms with Gasteiger partial charge in [0.05, 0.1) is 5.03 Å². The normalized spacial score (nSPS) is 9.83. The number of carbonyl (C=O) groups is 1. The highest BCUT2D eigenvalue weighted by atomic mass is 32.2. The lowest BCUT2D eigenvalue weighted by Gasteiger charge is -1.99. The van der Waals surface area contributed by atoms with Crippen LogP contribution in [0.25, 0.3) is 0 Å². The maximum atomic E-state index is 12.9. The summed E-state index contributed by atoms with van der Waals surface area (Å²) in [5.41, 5.74) is 0.350. The Morgan fingerprint density at radius 1 is 1.67 bits per heavy atom. The summed E-state index contributed by atoms with van der Waals surface area (Å²) in [4.78, 5) is 13.7. The van der Waals surface area contributed by atoms with Crippen molar-refractivity contribution in [2.45, 2.75) is 11.4 Å². The Bertz CT molecular complexity index is 290. The summed E-state index contributed by atoms with van der Waals surface area (Å²) in [5, 5.41) is 0.627. The monoisotopic (exact) mass is 185 g/mol. The molecule has 1 aromatic heterocycles. The molecule has 1 heterocycles. The van der Waals surface area contributed by atoms with Crippen molar-refractivity contribution in [2.24, 2.45) is 0 Å². The highest BCUT2D eigenvalue weighted by Gasteiger charge is 2.03. The third-order valence-corrected chi connectivity index (χ3v) is 2.06. The van der Waals surface area contributed by atoms with Gasteiger partial charge in [0.25, 0.3) is 0 Å². The summed E-state index contributed by atoms with van der Waals surface area (Å²) in [6.07, 6.45) is 2.58. The molecule has 12 heavy (non-hydrogen) atoms. The van der Waals surface area contributed by atoms with Crippen molar-refractivity contribution >= 4 is 18.0 Å². The zero-order chi connectivity index (χ0) is 8.97. The molecule has 0 bridgehead atoms. The van der Waals surface area contributed by atoms with E-state index in [4.69, 9.17) is 0 Å². The van der Waals surface area contributed by atoms with Crippen molar-refractivity contribution < 1.29 is 9.18 Å². The van der Waals surface area contributed by atoms with Crippen molar-refractivity contribution in [3.63, 3.8) is 0 Å². The molecule has 0 amide bonds. The van der Waals surface area contributed by atoms with Gasteiger partial charge < -0.3 is 4.79 Å². The van der Waals surface area contributed by atoms with E-state index in [1.54, 1.807) is 12.1 Å². The fraction of sp³-hybridized carbons (Fsp3) is 0.250. The summed E-state index contributed by atoms with van der Waals surface area (Å²) in [5.74, 6) is -0.547. The molecule has 0 aliphatic carbocycles. The molecule has 0 spiro atoms. The first-order chi connectivity index (χ1) is 5.77. The predicted molar refractivity (Wildman–Crippen MR) is 45.7 cm³/mol. The van der Waals surface area contributed by atoms with Crippen molar-refractivity contribution in [1.82, 2.24) is 4.98 Å². The van der Waals surface area contributed by atoms with Gasteiger partial charge in [0.1, 0.15) is 6.29 Å². The van der Waals surface area contributed by atoms with E-state index in [9.17, 15) is 9.18 Å². The van der Waals surface area contributed by atoms with Crippen molar-refractivity contribution in [1.29, 1.82) is 0 Å². The summed E-state index contributed by atoms with van der Waals surface area (Å²) >= 11 is 1.37. The van der Waals surface area contributed by atoms with Crippen LogP contribution in [0.4, 0.5) is 4.39 Å². The van der Waals surface area contributed by atoms with Gasteiger partial charge in [0.2, 0.25) is 5.95 Å². The zero-order valence-corrected chi connectivity index (χ0v) is 7.40. The zero-order valence-electron chi connectivity index (χ0n) is 6.58. The minimum atomic E-state index is -0.547. The molecule has 0 saturated heterocycles. The van der Waals surface area contributed by atoms with Crippen molar-refractivity contribution in [2.75, 3.05) is 6.26 Å². The molecule has 0 fully saturated rings. The highest BCUT2D eigenvalue weighted by Crippen LogP contribution is 2.13. The predicted octanol–water partition coefficient (Wildman–Crippen LogP) is 1.68. The van der Waals surface area contributed by atoms with Gasteiger partial charge in [-0.2, -0.15) is 4.39 Å². The summed E-state index contributed by atoms with van der Waals surface area (Å²) in [7, 11) is 0. The van der Waals surface area contributed by atoms with Gasteiger partial charge >= 0.3 is 0 Å². The topological polar surface area (TPSA) is 30.0 Å². The van der Waals surface area contributed by atoms with Crippen LogP contribution in [0.1, 0.15) is 5.56 Å². The lowest BCUT2D eigenvalue weighted by atomic mass is 10.2. The quantitative estimate of drug-likeness (QED) is 0.407. The largest absolute Gasteiger partial charge is 0.303 e. The van der Waals surface area contributed by atoms with Crippen LogP contribution < -0.4 is 0 Å². The molecule has 1 aromatic rings. The lowest BCUT2D eigenvalue weighted by Crippen LogP contribution is -1.95. The maximum Gasteiger partial charge on any atom is 0.217 e. The smallest absolute Gasteiger partial charge is 0.217 e. The number of aldehydes is 1. The highest BCUT2D eigenvalue weighted by molar-refractivity contribution is 7.98. The van der Waals surface area contributed by atoms with Gasteiger partial charge in [-0.1, -0.05) is 6.07 Å². The Morgan fingerprint density at radius 3 is 2.92 bits per heavy atom. The number of hydrogen-bond acceptors (Lipinski definition) is 3. The maximum absolute atomic E-state index is 12.9. The fourth-order valence-electron chi connectivity index (χ4n) is 0.802. The van der Waals surface area contributed by atoms with E-state index in [0.29, 0.717) is 16.9 Å². The first-order valence-corrected chi connectivity index (χ1v) is 4.63. The Kier molecular flexibility index (Phi) is 3.22. The van der Waals surface area contributed by atoms with Crippen LogP contribution in [0, 0.1) is 5.95 Å². The molecule has 1 rings (SSSR count). The molecule has 0 atom stereocenters. The number of nitrogens with zero attached hydrogens (tertiary/aromatic N) is 1. The first kappa shape index (κ1) is 9.19. The molecule has 0 saturated carbocycles. The van der Waals surface area contributed by atoms with Crippen LogP contribution >= 0.6 is 11.8 Å². The molecule has 4 heteroatoms. The number of thioether (sulfide) groups is 1. The molecule has 0 radical (unpaired) electrons. The lowest BCUT2D eigenvalue weighted by molar-refractivity contribution is -0.107.